The number of halogens is 1. The largest absolute Gasteiger partial charge is 0.494 e. The van der Waals surface area contributed by atoms with E-state index in [4.69, 9.17) is 21.1 Å². The molecule has 10 nitrogen and oxygen atoms in total. The first-order valence-corrected chi connectivity index (χ1v) is 15.8. The third-order valence-corrected chi connectivity index (χ3v) is 9.08. The molecule has 4 rings (SSSR count). The molecule has 0 aliphatic heterocycles. The van der Waals surface area contributed by atoms with Gasteiger partial charge in [0.1, 0.15) is 17.2 Å². The number of ether oxygens (including phenoxy) is 2. The number of hydrogen-bond donors (Lipinski definition) is 2. The Morgan fingerprint density at radius 1 is 1.12 bits per heavy atom. The van der Waals surface area contributed by atoms with Gasteiger partial charge in [-0.05, 0) is 55.1 Å². The van der Waals surface area contributed by atoms with Gasteiger partial charge in [0.15, 0.2) is 15.7 Å². The number of nitrogens with one attached hydrogen (secondary N) is 1. The monoisotopic (exact) mass is 603 g/mol. The van der Waals surface area contributed by atoms with Crippen LogP contribution < -0.4 is 14.2 Å². The van der Waals surface area contributed by atoms with Crippen LogP contribution in [0.15, 0.2) is 59.8 Å². The van der Waals surface area contributed by atoms with Crippen LogP contribution in [0.1, 0.15) is 24.2 Å². The molecule has 0 amide bonds. The minimum Gasteiger partial charge on any atom is -0.494 e. The van der Waals surface area contributed by atoms with E-state index in [1.165, 1.54) is 12.1 Å². The van der Waals surface area contributed by atoms with E-state index in [1.807, 2.05) is 43.5 Å². The Labute approximate surface area is 240 Å². The second kappa shape index (κ2) is 12.4. The number of sulfone groups is 1. The average Bonchev–Trinajstić information content (AvgIpc) is 3.34. The summed E-state index contributed by atoms with van der Waals surface area (Å²) in [5, 5.41) is 22.2. The van der Waals surface area contributed by atoms with Gasteiger partial charge in [-0.1, -0.05) is 34.4 Å². The highest BCUT2D eigenvalue weighted by Crippen LogP contribution is 2.39. The fourth-order valence-electron chi connectivity index (χ4n) is 4.16. The molecule has 2 atom stereocenters. The highest BCUT2D eigenvalue weighted by atomic mass is 35.5. The molecule has 0 fully saturated rings. The molecule has 0 saturated carbocycles. The van der Waals surface area contributed by atoms with E-state index >= 15 is 0 Å². The first-order valence-electron chi connectivity index (χ1n) is 12.1. The molecule has 0 spiro atoms. The van der Waals surface area contributed by atoms with Crippen molar-refractivity contribution in [2.75, 3.05) is 31.0 Å². The van der Waals surface area contributed by atoms with Crippen molar-refractivity contribution in [2.45, 2.75) is 24.8 Å². The Bertz CT molecular complexity index is 1650. The van der Waals surface area contributed by atoms with Crippen molar-refractivity contribution in [2.24, 2.45) is 0 Å². The van der Waals surface area contributed by atoms with Gasteiger partial charge in [0, 0.05) is 40.6 Å². The molecule has 2 aromatic carbocycles. The molecule has 0 aliphatic rings. The Kier molecular flexibility index (Phi) is 9.14. The summed E-state index contributed by atoms with van der Waals surface area (Å²) in [7, 11) is -1.27. The third-order valence-electron chi connectivity index (χ3n) is 6.00. The third kappa shape index (κ3) is 6.30. The maximum Gasteiger partial charge on any atom is 0.239 e. The fourth-order valence-corrected chi connectivity index (χ4v) is 6.65. The Hall–Kier alpha value is -3.45. The smallest absolute Gasteiger partial charge is 0.239 e. The van der Waals surface area contributed by atoms with Crippen molar-refractivity contribution < 1.29 is 23.0 Å². The minimum atomic E-state index is -3.62. The summed E-state index contributed by atoms with van der Waals surface area (Å²) in [6, 6.07) is 11.8. The highest BCUT2D eigenvalue weighted by Gasteiger charge is 2.25. The summed E-state index contributed by atoms with van der Waals surface area (Å²) in [5.74, 6) is 2.09. The maximum absolute atomic E-state index is 12.4. The van der Waals surface area contributed by atoms with Gasteiger partial charge in [0.2, 0.25) is 5.95 Å². The summed E-state index contributed by atoms with van der Waals surface area (Å²) in [5.41, 5.74) is 2.53. The summed E-state index contributed by atoms with van der Waals surface area (Å²) in [6.45, 7) is 3.78. The zero-order chi connectivity index (χ0) is 29.0. The topological polar surface area (TPSA) is 128 Å². The predicted octanol–water partition coefficient (Wildman–Crippen LogP) is 4.86. The first-order chi connectivity index (χ1) is 19.1. The standard InChI is InChI=1S/C27H30ClN5O5S2/c1-6-39(16-21(34)20-11-10-19(28)13-24(20)40(5,35)36)32-27-31-30-26(18-12-17(2)14-29-15-18)33(27)25-22(37-3)8-7-9-23(25)38-4/h6-15,21,34H,16H2,1-5H3,(H,31,32)/t21-,39?/m0/s1. The molecule has 212 valence electrons. The lowest BCUT2D eigenvalue weighted by molar-refractivity contribution is 0.201. The average molecular weight is 604 g/mol. The van der Waals surface area contributed by atoms with E-state index < -0.39 is 26.6 Å². The summed E-state index contributed by atoms with van der Waals surface area (Å²) >= 11 is 6.05. The normalized spacial score (nSPS) is 13.2. The number of aliphatic hydroxyl groups is 1. The first kappa shape index (κ1) is 29.5. The lowest BCUT2D eigenvalue weighted by atomic mass is 10.1. The van der Waals surface area contributed by atoms with Gasteiger partial charge in [-0.2, -0.15) is 0 Å². The lowest BCUT2D eigenvalue weighted by Crippen LogP contribution is -2.13. The lowest BCUT2D eigenvalue weighted by Gasteiger charge is -2.21. The Morgan fingerprint density at radius 2 is 1.82 bits per heavy atom. The zero-order valence-corrected chi connectivity index (χ0v) is 25.0. The summed E-state index contributed by atoms with van der Waals surface area (Å²) in [4.78, 5) is 4.30. The molecule has 2 aromatic heterocycles. The summed E-state index contributed by atoms with van der Waals surface area (Å²) < 4.78 is 41.3. The van der Waals surface area contributed by atoms with Gasteiger partial charge < -0.3 is 19.3 Å². The van der Waals surface area contributed by atoms with Crippen molar-refractivity contribution in [3.63, 3.8) is 0 Å². The van der Waals surface area contributed by atoms with Gasteiger partial charge in [-0.15, -0.1) is 10.2 Å². The summed E-state index contributed by atoms with van der Waals surface area (Å²) in [6.07, 6.45) is 3.43. The number of rotatable bonds is 10. The molecular weight excluding hydrogens is 574 g/mol. The predicted molar refractivity (Wildman–Crippen MR) is 160 cm³/mol. The van der Waals surface area contributed by atoms with Gasteiger partial charge in [0.25, 0.3) is 0 Å². The molecule has 2 N–H and O–H groups in total. The Balaban J connectivity index is 1.79. The number of hydrogen-bond acceptors (Lipinski definition) is 9. The number of pyridine rings is 1. The van der Waals surface area contributed by atoms with Crippen LogP contribution in [0.3, 0.4) is 0 Å². The second-order valence-corrected chi connectivity index (χ2v) is 13.1. The fraction of sp³-hybridized carbons (Fsp3) is 0.259. The van der Waals surface area contributed by atoms with Crippen LogP contribution in [0, 0.1) is 6.92 Å². The van der Waals surface area contributed by atoms with E-state index in [0.717, 1.165) is 17.4 Å². The minimum absolute atomic E-state index is 0.0108. The van der Waals surface area contributed by atoms with E-state index in [1.54, 1.807) is 37.2 Å². The van der Waals surface area contributed by atoms with E-state index in [-0.39, 0.29) is 21.2 Å². The zero-order valence-electron chi connectivity index (χ0n) is 22.6. The van der Waals surface area contributed by atoms with Crippen LogP contribution in [-0.4, -0.2) is 64.9 Å². The number of benzene rings is 2. The molecule has 2 heterocycles. The number of para-hydroxylation sites is 1. The van der Waals surface area contributed by atoms with E-state index in [2.05, 4.69) is 19.9 Å². The molecule has 0 radical (unpaired) electrons. The highest BCUT2D eigenvalue weighted by molar-refractivity contribution is 8.16. The second-order valence-electron chi connectivity index (χ2n) is 8.85. The van der Waals surface area contributed by atoms with Crippen molar-refractivity contribution in [1.29, 1.82) is 0 Å². The molecular formula is C27H30ClN5O5S2. The van der Waals surface area contributed by atoms with Gasteiger partial charge in [0.05, 0.1) is 25.2 Å². The molecule has 0 bridgehead atoms. The molecule has 4 aromatic rings. The van der Waals surface area contributed by atoms with Crippen LogP contribution in [0.5, 0.6) is 11.5 Å². The van der Waals surface area contributed by atoms with Crippen LogP contribution in [0.25, 0.3) is 17.1 Å². The van der Waals surface area contributed by atoms with Gasteiger partial charge >= 0.3 is 0 Å². The maximum atomic E-state index is 12.4. The van der Waals surface area contributed by atoms with Crippen LogP contribution in [0.2, 0.25) is 5.02 Å². The Morgan fingerprint density at radius 3 is 2.42 bits per heavy atom. The van der Waals surface area contributed by atoms with Crippen LogP contribution in [0.4, 0.5) is 5.95 Å². The van der Waals surface area contributed by atoms with Gasteiger partial charge in [-0.25, -0.2) is 8.42 Å². The van der Waals surface area contributed by atoms with Crippen molar-refractivity contribution in [3.05, 3.63) is 71.0 Å². The van der Waals surface area contributed by atoms with E-state index in [0.29, 0.717) is 29.0 Å². The SMILES string of the molecule is C/C=S(/C[C@H](O)c1ccc(Cl)cc1S(C)(=O)=O)Nc1nnc(-c2cncc(C)c2)n1-c1c(OC)cccc1OC. The number of anilines is 1. The quantitative estimate of drug-likeness (QED) is 0.244. The van der Waals surface area contributed by atoms with Crippen molar-refractivity contribution in [3.8, 4) is 28.6 Å². The van der Waals surface area contributed by atoms with Crippen molar-refractivity contribution >= 4 is 43.4 Å². The molecule has 0 aliphatic carbocycles. The number of aromatic nitrogens is 4. The number of methoxy groups -OCH3 is 2. The molecule has 1 unspecified atom stereocenters. The number of nitrogens with zero attached hydrogens (tertiary/aromatic N) is 4. The number of aryl methyl sites for hydroxylation is 1. The van der Waals surface area contributed by atoms with Crippen LogP contribution in [-0.2, 0) is 9.84 Å². The van der Waals surface area contributed by atoms with Crippen LogP contribution >= 0.6 is 22.3 Å². The number of aliphatic hydroxyl groups excluding tert-OH is 1. The molecule has 40 heavy (non-hydrogen) atoms. The molecule has 0 saturated heterocycles. The van der Waals surface area contributed by atoms with E-state index in [9.17, 15) is 13.5 Å². The molecule has 13 heteroatoms. The van der Waals surface area contributed by atoms with Gasteiger partial charge in [-0.3, -0.25) is 9.55 Å². The van der Waals surface area contributed by atoms with Crippen molar-refractivity contribution in [1.82, 2.24) is 19.7 Å².